The zero-order valence-electron chi connectivity index (χ0n) is 16.6. The smallest absolute Gasteiger partial charge is 0.410 e. The molecule has 0 spiro atoms. The third-order valence-electron chi connectivity index (χ3n) is 5.41. The van der Waals surface area contributed by atoms with Crippen LogP contribution in [-0.2, 0) is 9.47 Å². The largest absolute Gasteiger partial charge is 0.444 e. The molecule has 6 nitrogen and oxygen atoms in total. The summed E-state index contributed by atoms with van der Waals surface area (Å²) < 4.78 is 11.3. The summed E-state index contributed by atoms with van der Waals surface area (Å²) in [5.74, 6) is -0.0114. The van der Waals surface area contributed by atoms with Crippen molar-refractivity contribution in [1.82, 2.24) is 9.88 Å². The number of morpholine rings is 1. The van der Waals surface area contributed by atoms with Gasteiger partial charge in [0.15, 0.2) is 5.78 Å². The first kappa shape index (κ1) is 18.9. The Morgan fingerprint density at radius 2 is 1.82 bits per heavy atom. The fourth-order valence-electron chi connectivity index (χ4n) is 4.28. The maximum absolute atomic E-state index is 13.3. The standard InChI is InChI=1S/C22H26N2O4/c1-22(2,3)28-21(26)24-15-10-14(11-16(24)13-27-12-15)20(25)18-6-4-8-19-17(18)7-5-9-23-19/h4-9,14-16H,10-13H2,1-3H3. The molecule has 2 aromatic rings. The minimum absolute atomic E-state index is 0.124. The predicted molar refractivity (Wildman–Crippen MR) is 105 cm³/mol. The number of pyridine rings is 1. The number of carbonyl (C=O) groups is 2. The molecule has 0 saturated carbocycles. The van der Waals surface area contributed by atoms with Crippen molar-refractivity contribution in [3.63, 3.8) is 0 Å². The fraction of sp³-hybridized carbons (Fsp3) is 0.500. The second-order valence-electron chi connectivity index (χ2n) is 8.64. The summed E-state index contributed by atoms with van der Waals surface area (Å²) in [6.07, 6.45) is 2.60. The molecule has 6 heteroatoms. The van der Waals surface area contributed by atoms with Gasteiger partial charge in [0, 0.05) is 23.1 Å². The molecule has 2 saturated heterocycles. The minimum atomic E-state index is -0.547. The van der Waals surface area contributed by atoms with Crippen LogP contribution in [0.25, 0.3) is 10.9 Å². The average molecular weight is 382 g/mol. The van der Waals surface area contributed by atoms with Gasteiger partial charge in [-0.15, -0.1) is 0 Å². The summed E-state index contributed by atoms with van der Waals surface area (Å²) in [4.78, 5) is 32.2. The molecule has 0 N–H and O–H groups in total. The molecule has 28 heavy (non-hydrogen) atoms. The van der Waals surface area contributed by atoms with E-state index in [1.165, 1.54) is 0 Å². The molecule has 2 atom stereocenters. The first-order valence-electron chi connectivity index (χ1n) is 9.80. The van der Waals surface area contributed by atoms with Crippen molar-refractivity contribution in [1.29, 1.82) is 0 Å². The topological polar surface area (TPSA) is 68.7 Å². The van der Waals surface area contributed by atoms with Crippen LogP contribution in [0.4, 0.5) is 4.79 Å². The third-order valence-corrected chi connectivity index (χ3v) is 5.41. The van der Waals surface area contributed by atoms with Crippen molar-refractivity contribution in [3.8, 4) is 0 Å². The van der Waals surface area contributed by atoms with Crippen LogP contribution in [0.15, 0.2) is 36.5 Å². The number of hydrogen-bond donors (Lipinski definition) is 0. The Morgan fingerprint density at radius 1 is 1.11 bits per heavy atom. The number of fused-ring (bicyclic) bond motifs is 3. The van der Waals surface area contributed by atoms with Gasteiger partial charge in [-0.25, -0.2) is 4.79 Å². The van der Waals surface area contributed by atoms with Gasteiger partial charge in [-0.2, -0.15) is 0 Å². The van der Waals surface area contributed by atoms with Gasteiger partial charge in [0.2, 0.25) is 0 Å². The van der Waals surface area contributed by atoms with E-state index in [9.17, 15) is 9.59 Å². The molecule has 2 aliphatic rings. The lowest BCUT2D eigenvalue weighted by Crippen LogP contribution is -2.60. The van der Waals surface area contributed by atoms with Crippen LogP contribution in [0.5, 0.6) is 0 Å². The molecule has 2 unspecified atom stereocenters. The number of nitrogens with zero attached hydrogens (tertiary/aromatic N) is 2. The molecular formula is C22H26N2O4. The van der Waals surface area contributed by atoms with Gasteiger partial charge in [-0.05, 0) is 45.7 Å². The van der Waals surface area contributed by atoms with Crippen LogP contribution in [0.3, 0.4) is 0 Å². The summed E-state index contributed by atoms with van der Waals surface area (Å²) in [5, 5.41) is 0.881. The Morgan fingerprint density at radius 3 is 2.50 bits per heavy atom. The Balaban J connectivity index is 1.57. The maximum atomic E-state index is 13.3. The van der Waals surface area contributed by atoms with Gasteiger partial charge in [0.1, 0.15) is 5.60 Å². The molecule has 148 valence electrons. The van der Waals surface area contributed by atoms with Crippen molar-refractivity contribution in [2.75, 3.05) is 13.2 Å². The number of ketones is 1. The molecule has 2 bridgehead atoms. The van der Waals surface area contributed by atoms with E-state index in [-0.39, 0.29) is 29.9 Å². The lowest BCUT2D eigenvalue weighted by atomic mass is 9.80. The summed E-state index contributed by atoms with van der Waals surface area (Å²) in [6.45, 7) is 6.47. The molecule has 1 aromatic heterocycles. The number of ether oxygens (including phenoxy) is 2. The first-order chi connectivity index (χ1) is 13.3. The Bertz CT molecular complexity index is 886. The number of Topliss-reactive ketones (excluding diaryl/α,β-unsaturated/α-hetero) is 1. The van der Waals surface area contributed by atoms with Crippen LogP contribution in [0.1, 0.15) is 44.0 Å². The summed E-state index contributed by atoms with van der Waals surface area (Å²) in [5.41, 5.74) is 0.984. The Hall–Kier alpha value is -2.47. The lowest BCUT2D eigenvalue weighted by molar-refractivity contribution is -0.0861. The maximum Gasteiger partial charge on any atom is 0.410 e. The van der Waals surface area contributed by atoms with Gasteiger partial charge >= 0.3 is 6.09 Å². The van der Waals surface area contributed by atoms with E-state index in [1.807, 2.05) is 51.1 Å². The van der Waals surface area contributed by atoms with Crippen molar-refractivity contribution in [2.24, 2.45) is 5.92 Å². The number of piperidine rings is 1. The van der Waals surface area contributed by atoms with Gasteiger partial charge < -0.3 is 9.47 Å². The van der Waals surface area contributed by atoms with E-state index >= 15 is 0 Å². The summed E-state index contributed by atoms with van der Waals surface area (Å²) >= 11 is 0. The Labute approximate surface area is 164 Å². The van der Waals surface area contributed by atoms with E-state index in [0.717, 1.165) is 10.9 Å². The zero-order valence-corrected chi connectivity index (χ0v) is 16.6. The highest BCUT2D eigenvalue weighted by Gasteiger charge is 2.45. The van der Waals surface area contributed by atoms with Crippen LogP contribution >= 0.6 is 0 Å². The van der Waals surface area contributed by atoms with Gasteiger partial charge in [-0.3, -0.25) is 14.7 Å². The predicted octanol–water partition coefficient (Wildman–Crippen LogP) is 3.83. The van der Waals surface area contributed by atoms with Crippen molar-refractivity contribution in [2.45, 2.75) is 51.3 Å². The van der Waals surface area contributed by atoms with Gasteiger partial charge in [0.05, 0.1) is 30.8 Å². The van der Waals surface area contributed by atoms with Crippen LogP contribution < -0.4 is 0 Å². The molecule has 4 rings (SSSR count). The van der Waals surface area contributed by atoms with Crippen molar-refractivity contribution >= 4 is 22.8 Å². The molecule has 1 aromatic carbocycles. The number of amides is 1. The molecule has 0 aliphatic carbocycles. The van der Waals surface area contributed by atoms with E-state index in [2.05, 4.69) is 4.98 Å². The molecular weight excluding hydrogens is 356 g/mol. The second-order valence-corrected chi connectivity index (χ2v) is 8.64. The van der Waals surface area contributed by atoms with Crippen molar-refractivity contribution < 1.29 is 19.1 Å². The summed E-state index contributed by atoms with van der Waals surface area (Å²) in [6, 6.07) is 9.19. The van der Waals surface area contributed by atoms with E-state index in [4.69, 9.17) is 9.47 Å². The van der Waals surface area contributed by atoms with Crippen LogP contribution in [0, 0.1) is 5.92 Å². The van der Waals surface area contributed by atoms with Crippen LogP contribution in [-0.4, -0.2) is 52.7 Å². The number of carbonyl (C=O) groups excluding carboxylic acids is 2. The first-order valence-corrected chi connectivity index (χ1v) is 9.80. The highest BCUT2D eigenvalue weighted by Crippen LogP contribution is 2.35. The highest BCUT2D eigenvalue weighted by atomic mass is 16.6. The van der Waals surface area contributed by atoms with E-state index < -0.39 is 5.60 Å². The van der Waals surface area contributed by atoms with E-state index in [1.54, 1.807) is 11.1 Å². The summed E-state index contributed by atoms with van der Waals surface area (Å²) in [7, 11) is 0. The highest BCUT2D eigenvalue weighted by molar-refractivity contribution is 6.08. The fourth-order valence-corrected chi connectivity index (χ4v) is 4.28. The number of hydrogen-bond acceptors (Lipinski definition) is 5. The average Bonchev–Trinajstić information content (AvgIpc) is 2.64. The number of aromatic nitrogens is 1. The third kappa shape index (κ3) is 3.61. The zero-order chi connectivity index (χ0) is 19.9. The lowest BCUT2D eigenvalue weighted by Gasteiger charge is -2.47. The number of benzene rings is 1. The van der Waals surface area contributed by atoms with Crippen molar-refractivity contribution in [3.05, 3.63) is 42.1 Å². The minimum Gasteiger partial charge on any atom is -0.444 e. The van der Waals surface area contributed by atoms with Gasteiger partial charge in [0.25, 0.3) is 0 Å². The molecule has 2 fully saturated rings. The Kier molecular flexibility index (Phi) is 4.83. The SMILES string of the molecule is CC(C)(C)OC(=O)N1C2COCC1CC(C(=O)c1cccc3ncccc13)C2. The normalized spacial score (nSPS) is 24.8. The van der Waals surface area contributed by atoms with Crippen LogP contribution in [0.2, 0.25) is 0 Å². The van der Waals surface area contributed by atoms with E-state index in [0.29, 0.717) is 31.6 Å². The number of rotatable bonds is 2. The second kappa shape index (κ2) is 7.17. The quantitative estimate of drug-likeness (QED) is 0.739. The monoisotopic (exact) mass is 382 g/mol. The molecule has 2 aliphatic heterocycles. The molecule has 0 radical (unpaired) electrons. The van der Waals surface area contributed by atoms with Gasteiger partial charge in [-0.1, -0.05) is 18.2 Å². The molecule has 3 heterocycles. The molecule has 1 amide bonds.